The van der Waals surface area contributed by atoms with Gasteiger partial charge < -0.3 is 5.32 Å². The van der Waals surface area contributed by atoms with Crippen LogP contribution in [0.25, 0.3) is 0 Å². The minimum absolute atomic E-state index is 0.0341. The molecule has 0 radical (unpaired) electrons. The first-order chi connectivity index (χ1) is 12.2. The van der Waals surface area contributed by atoms with Gasteiger partial charge in [-0.1, -0.05) is 36.0 Å². The number of amides is 1. The molecule has 1 N–H and O–H groups in total. The molecular weight excluding hydrogens is 350 g/mol. The molecule has 0 saturated carbocycles. The van der Waals surface area contributed by atoms with E-state index in [0.29, 0.717) is 17.3 Å². The summed E-state index contributed by atoms with van der Waals surface area (Å²) in [6.07, 6.45) is 0.735. The minimum atomic E-state index is -0.299. The lowest BCUT2D eigenvalue weighted by Gasteiger charge is -2.20. The van der Waals surface area contributed by atoms with Crippen LogP contribution in [0.2, 0.25) is 0 Å². The summed E-state index contributed by atoms with van der Waals surface area (Å²) >= 11 is 1.36. The zero-order chi connectivity index (χ0) is 19.3. The molecule has 0 saturated heterocycles. The molecule has 0 aliphatic rings. The van der Waals surface area contributed by atoms with E-state index in [1.807, 2.05) is 52.0 Å². The molecule has 0 aliphatic carbocycles. The van der Waals surface area contributed by atoms with Gasteiger partial charge in [0.05, 0.1) is 10.8 Å². The fourth-order valence-electron chi connectivity index (χ4n) is 2.34. The lowest BCUT2D eigenvalue weighted by Crippen LogP contribution is -2.25. The van der Waals surface area contributed by atoms with E-state index in [2.05, 4.69) is 20.8 Å². The summed E-state index contributed by atoms with van der Waals surface area (Å²) in [5.41, 5.74) is 1.49. The highest BCUT2D eigenvalue weighted by Crippen LogP contribution is 2.27. The van der Waals surface area contributed by atoms with Gasteiger partial charge in [0.2, 0.25) is 11.1 Å². The number of hydrogen-bond donors (Lipinski definition) is 1. The predicted octanol–water partition coefficient (Wildman–Crippen LogP) is 2.47. The molecule has 2 rings (SSSR count). The molecule has 1 aromatic carbocycles. The molecule has 7 nitrogen and oxygen atoms in total. The summed E-state index contributed by atoms with van der Waals surface area (Å²) in [7, 11) is 0. The maximum Gasteiger partial charge on any atom is 0.216 e. The van der Waals surface area contributed by atoms with Crippen molar-refractivity contribution >= 4 is 23.5 Å². The molecule has 26 heavy (non-hydrogen) atoms. The molecule has 0 bridgehead atoms. The number of tetrazole rings is 1. The molecule has 2 aromatic rings. The number of hydrogen-bond acceptors (Lipinski definition) is 6. The normalized spacial score (nSPS) is 12.7. The molecule has 1 amide bonds. The maximum absolute atomic E-state index is 12.7. The number of nitrogens with zero attached hydrogens (tertiary/aromatic N) is 4. The Hall–Kier alpha value is -2.22. The van der Waals surface area contributed by atoms with Gasteiger partial charge in [0.1, 0.15) is 0 Å². The summed E-state index contributed by atoms with van der Waals surface area (Å²) in [6, 6.07) is 7.50. The average Bonchev–Trinajstić information content (AvgIpc) is 3.03. The Labute approximate surface area is 157 Å². The van der Waals surface area contributed by atoms with E-state index < -0.39 is 0 Å². The summed E-state index contributed by atoms with van der Waals surface area (Å²) in [6.45, 7) is 9.99. The van der Waals surface area contributed by atoms with E-state index in [-0.39, 0.29) is 22.5 Å². The van der Waals surface area contributed by atoms with Crippen LogP contribution in [0.1, 0.15) is 50.5 Å². The van der Waals surface area contributed by atoms with E-state index in [9.17, 15) is 9.59 Å². The third kappa shape index (κ3) is 5.39. The fourth-order valence-corrected chi connectivity index (χ4v) is 3.39. The van der Waals surface area contributed by atoms with Gasteiger partial charge in [-0.3, -0.25) is 9.59 Å². The highest BCUT2D eigenvalue weighted by atomic mass is 32.2. The third-order valence-corrected chi connectivity index (χ3v) is 4.79. The minimum Gasteiger partial charge on any atom is -0.356 e. The number of ketones is 1. The van der Waals surface area contributed by atoms with Gasteiger partial charge in [0.25, 0.3) is 0 Å². The first-order valence-electron chi connectivity index (χ1n) is 8.51. The summed E-state index contributed by atoms with van der Waals surface area (Å²) in [5.74, 6) is -0.00730. The maximum atomic E-state index is 12.7. The van der Waals surface area contributed by atoms with E-state index in [1.54, 1.807) is 4.68 Å². The van der Waals surface area contributed by atoms with Crippen molar-refractivity contribution in [2.75, 3.05) is 6.54 Å². The fraction of sp³-hybridized carbons (Fsp3) is 0.500. The Morgan fingerprint density at radius 1 is 1.23 bits per heavy atom. The predicted molar refractivity (Wildman–Crippen MR) is 101 cm³/mol. The number of benzene rings is 1. The van der Waals surface area contributed by atoms with Gasteiger partial charge in [-0.15, -0.1) is 5.10 Å². The number of aromatic nitrogens is 4. The van der Waals surface area contributed by atoms with Crippen LogP contribution in [0.4, 0.5) is 0 Å². The van der Waals surface area contributed by atoms with Crippen molar-refractivity contribution in [3.63, 3.8) is 0 Å². The third-order valence-electron chi connectivity index (χ3n) is 3.75. The van der Waals surface area contributed by atoms with Crippen molar-refractivity contribution in [3.05, 3.63) is 35.4 Å². The van der Waals surface area contributed by atoms with Gasteiger partial charge >= 0.3 is 0 Å². The molecule has 140 valence electrons. The number of carbonyl (C=O) groups excluding carboxylic acids is 2. The Bertz CT molecular complexity index is 765. The quantitative estimate of drug-likeness (QED) is 0.591. The van der Waals surface area contributed by atoms with E-state index >= 15 is 0 Å². The number of nitrogens with one attached hydrogen (secondary N) is 1. The topological polar surface area (TPSA) is 89.8 Å². The monoisotopic (exact) mass is 375 g/mol. The number of rotatable bonds is 7. The number of Topliss-reactive ketones (excluding diaryl/α,β-unsaturated/α-hetero) is 1. The van der Waals surface area contributed by atoms with Crippen molar-refractivity contribution in [3.8, 4) is 0 Å². The summed E-state index contributed by atoms with van der Waals surface area (Å²) in [5, 5.41) is 14.9. The zero-order valence-electron chi connectivity index (χ0n) is 15.8. The lowest BCUT2D eigenvalue weighted by molar-refractivity contribution is -0.118. The molecule has 0 spiro atoms. The van der Waals surface area contributed by atoms with Crippen molar-refractivity contribution < 1.29 is 9.59 Å². The molecule has 1 atom stereocenters. The van der Waals surface area contributed by atoms with Gasteiger partial charge in [0.15, 0.2) is 5.78 Å². The van der Waals surface area contributed by atoms with Crippen molar-refractivity contribution in [2.45, 2.75) is 57.0 Å². The van der Waals surface area contributed by atoms with E-state index in [1.165, 1.54) is 18.7 Å². The van der Waals surface area contributed by atoms with Gasteiger partial charge in [-0.25, -0.2) is 4.68 Å². The van der Waals surface area contributed by atoms with Crippen LogP contribution < -0.4 is 5.32 Å². The van der Waals surface area contributed by atoms with Crippen LogP contribution in [-0.4, -0.2) is 43.7 Å². The zero-order valence-corrected chi connectivity index (χ0v) is 16.6. The second-order valence-corrected chi connectivity index (χ2v) is 8.41. The lowest BCUT2D eigenvalue weighted by atomic mass is 10.0. The number of thioether (sulfide) groups is 1. The van der Waals surface area contributed by atoms with Gasteiger partial charge in [-0.2, -0.15) is 0 Å². The molecule has 0 aliphatic heterocycles. The Kier molecular flexibility index (Phi) is 6.52. The Morgan fingerprint density at radius 2 is 1.88 bits per heavy atom. The van der Waals surface area contributed by atoms with Crippen LogP contribution in [0.15, 0.2) is 29.4 Å². The van der Waals surface area contributed by atoms with Crippen molar-refractivity contribution in [2.24, 2.45) is 0 Å². The van der Waals surface area contributed by atoms with Crippen LogP contribution in [0.3, 0.4) is 0 Å². The van der Waals surface area contributed by atoms with Crippen molar-refractivity contribution in [1.29, 1.82) is 0 Å². The van der Waals surface area contributed by atoms with Gasteiger partial charge in [0, 0.05) is 19.0 Å². The summed E-state index contributed by atoms with van der Waals surface area (Å²) in [4.78, 5) is 23.6. The first-order valence-corrected chi connectivity index (χ1v) is 9.39. The molecule has 0 fully saturated rings. The van der Waals surface area contributed by atoms with Crippen LogP contribution in [0.5, 0.6) is 0 Å². The highest BCUT2D eigenvalue weighted by Gasteiger charge is 2.24. The van der Waals surface area contributed by atoms with Crippen molar-refractivity contribution in [1.82, 2.24) is 25.5 Å². The first kappa shape index (κ1) is 20.1. The second-order valence-electron chi connectivity index (χ2n) is 7.10. The molecular formula is C18H25N5O2S. The Morgan fingerprint density at radius 3 is 2.46 bits per heavy atom. The SMILES string of the molecule is CC(=O)NCCc1ccc(C(=O)[C@@H](C)Sc2nnnn2C(C)(C)C)cc1. The number of carbonyl (C=O) groups is 2. The molecule has 1 aromatic heterocycles. The molecule has 8 heteroatoms. The molecule has 0 unspecified atom stereocenters. The van der Waals surface area contributed by atoms with E-state index in [0.717, 1.165) is 12.0 Å². The summed E-state index contributed by atoms with van der Waals surface area (Å²) < 4.78 is 1.73. The van der Waals surface area contributed by atoms with Crippen LogP contribution in [0, 0.1) is 0 Å². The highest BCUT2D eigenvalue weighted by molar-refractivity contribution is 8.00. The van der Waals surface area contributed by atoms with E-state index in [4.69, 9.17) is 0 Å². The largest absolute Gasteiger partial charge is 0.356 e. The molecule has 1 heterocycles. The standard InChI is InChI=1S/C18H25N5O2S/c1-12(26-17-20-21-22-23(17)18(3,4)5)16(25)15-8-6-14(7-9-15)10-11-19-13(2)24/h6-9,12H,10-11H2,1-5H3,(H,19,24)/t12-/m1/s1. The smallest absolute Gasteiger partial charge is 0.216 e. The van der Waals surface area contributed by atoms with Crippen LogP contribution in [-0.2, 0) is 16.8 Å². The van der Waals surface area contributed by atoms with Crippen LogP contribution >= 0.6 is 11.8 Å². The van der Waals surface area contributed by atoms with Gasteiger partial charge in [-0.05, 0) is 50.1 Å². The average molecular weight is 375 g/mol. The Balaban J connectivity index is 2.00. The second kappa shape index (κ2) is 8.44.